The number of aldehydes is 1. The third kappa shape index (κ3) is 1.33. The zero-order valence-corrected chi connectivity index (χ0v) is 7.14. The standard InChI is InChI=1S/C8H7N5O/c9-6-2-1-5(4-14)7(3-6)8-10-12-13-11-8/h1-4H,9H2,(H,10,11,12,13). The van der Waals surface area contributed by atoms with Crippen molar-refractivity contribution in [3.63, 3.8) is 0 Å². The molecule has 6 nitrogen and oxygen atoms in total. The molecule has 0 saturated heterocycles. The van der Waals surface area contributed by atoms with Gasteiger partial charge in [-0.05, 0) is 23.4 Å². The number of carbonyl (C=O) groups excluding carboxylic acids is 1. The molecule has 2 aromatic rings. The molecule has 0 fully saturated rings. The molecule has 1 aromatic carbocycles. The molecule has 70 valence electrons. The van der Waals surface area contributed by atoms with Crippen molar-refractivity contribution < 1.29 is 4.79 Å². The van der Waals surface area contributed by atoms with Crippen molar-refractivity contribution in [2.45, 2.75) is 0 Å². The zero-order valence-electron chi connectivity index (χ0n) is 7.14. The lowest BCUT2D eigenvalue weighted by Gasteiger charge is -2.00. The van der Waals surface area contributed by atoms with Crippen LogP contribution < -0.4 is 5.73 Å². The van der Waals surface area contributed by atoms with Crippen LogP contribution in [0.5, 0.6) is 0 Å². The van der Waals surface area contributed by atoms with Crippen LogP contribution in [-0.4, -0.2) is 26.9 Å². The van der Waals surface area contributed by atoms with E-state index in [1.165, 1.54) is 0 Å². The summed E-state index contributed by atoms with van der Waals surface area (Å²) in [6.45, 7) is 0. The molecule has 0 saturated carbocycles. The van der Waals surface area contributed by atoms with E-state index in [9.17, 15) is 4.79 Å². The molecule has 6 heteroatoms. The van der Waals surface area contributed by atoms with Crippen molar-refractivity contribution in [2.24, 2.45) is 0 Å². The average Bonchev–Trinajstić information content (AvgIpc) is 2.70. The summed E-state index contributed by atoms with van der Waals surface area (Å²) in [4.78, 5) is 10.7. The van der Waals surface area contributed by atoms with Gasteiger partial charge >= 0.3 is 0 Å². The minimum absolute atomic E-state index is 0.361. The SMILES string of the molecule is Nc1ccc(C=O)c(-c2nn[nH]n2)c1. The van der Waals surface area contributed by atoms with Crippen LogP contribution in [0.3, 0.4) is 0 Å². The van der Waals surface area contributed by atoms with Crippen molar-refractivity contribution in [3.8, 4) is 11.4 Å². The first-order valence-electron chi connectivity index (χ1n) is 3.90. The Morgan fingerprint density at radius 2 is 2.29 bits per heavy atom. The maximum absolute atomic E-state index is 10.7. The summed E-state index contributed by atoms with van der Waals surface area (Å²) in [7, 11) is 0. The minimum Gasteiger partial charge on any atom is -0.399 e. The van der Waals surface area contributed by atoms with Crippen molar-refractivity contribution in [1.82, 2.24) is 20.6 Å². The van der Waals surface area contributed by atoms with Gasteiger partial charge in [0.2, 0.25) is 5.82 Å². The van der Waals surface area contributed by atoms with Gasteiger partial charge in [-0.25, -0.2) is 0 Å². The number of aromatic nitrogens is 4. The summed E-state index contributed by atoms with van der Waals surface area (Å²) in [6, 6.07) is 4.90. The van der Waals surface area contributed by atoms with E-state index in [2.05, 4.69) is 20.6 Å². The second-order valence-electron chi connectivity index (χ2n) is 2.70. The van der Waals surface area contributed by atoms with Gasteiger partial charge in [0, 0.05) is 16.8 Å². The number of tetrazole rings is 1. The number of nitrogens with two attached hydrogens (primary N) is 1. The molecule has 1 heterocycles. The molecule has 0 amide bonds. The number of aromatic amines is 1. The van der Waals surface area contributed by atoms with E-state index in [1.54, 1.807) is 18.2 Å². The monoisotopic (exact) mass is 189 g/mol. The highest BCUT2D eigenvalue weighted by molar-refractivity contribution is 5.86. The first-order valence-corrected chi connectivity index (χ1v) is 3.90. The molecule has 0 unspecified atom stereocenters. The Hall–Kier alpha value is -2.24. The quantitative estimate of drug-likeness (QED) is 0.521. The highest BCUT2D eigenvalue weighted by Crippen LogP contribution is 2.20. The van der Waals surface area contributed by atoms with E-state index in [-0.39, 0.29) is 0 Å². The second-order valence-corrected chi connectivity index (χ2v) is 2.70. The van der Waals surface area contributed by atoms with E-state index in [4.69, 9.17) is 5.73 Å². The minimum atomic E-state index is 0.361. The third-order valence-corrected chi connectivity index (χ3v) is 1.79. The Bertz CT molecular complexity index is 451. The molecule has 0 radical (unpaired) electrons. The Balaban J connectivity index is 2.61. The molecule has 0 spiro atoms. The van der Waals surface area contributed by atoms with Crippen LogP contribution >= 0.6 is 0 Å². The number of nitrogen functional groups attached to an aromatic ring is 1. The largest absolute Gasteiger partial charge is 0.399 e. The van der Waals surface area contributed by atoms with Gasteiger partial charge in [0.05, 0.1) is 0 Å². The summed E-state index contributed by atoms with van der Waals surface area (Å²) in [5.74, 6) is 0.361. The molecule has 0 bridgehead atoms. The van der Waals surface area contributed by atoms with Gasteiger partial charge in [-0.1, -0.05) is 0 Å². The molecule has 0 aliphatic heterocycles. The van der Waals surface area contributed by atoms with Crippen molar-refractivity contribution >= 4 is 12.0 Å². The molecular weight excluding hydrogens is 182 g/mol. The van der Waals surface area contributed by atoms with Crippen molar-refractivity contribution in [2.75, 3.05) is 5.73 Å². The lowest BCUT2D eigenvalue weighted by Crippen LogP contribution is -1.93. The average molecular weight is 189 g/mol. The van der Waals surface area contributed by atoms with Gasteiger partial charge in [0.1, 0.15) is 0 Å². The molecule has 3 N–H and O–H groups in total. The molecule has 0 aliphatic rings. The van der Waals surface area contributed by atoms with Crippen LogP contribution in [0.1, 0.15) is 10.4 Å². The summed E-state index contributed by atoms with van der Waals surface area (Å²) < 4.78 is 0. The summed E-state index contributed by atoms with van der Waals surface area (Å²) in [6.07, 6.45) is 0.727. The number of H-pyrrole nitrogens is 1. The smallest absolute Gasteiger partial charge is 0.205 e. The number of benzene rings is 1. The summed E-state index contributed by atoms with van der Waals surface area (Å²) >= 11 is 0. The molecule has 0 atom stereocenters. The molecule has 2 rings (SSSR count). The van der Waals surface area contributed by atoms with Crippen LogP contribution in [0.4, 0.5) is 5.69 Å². The number of anilines is 1. The van der Waals surface area contributed by atoms with Gasteiger partial charge in [-0.3, -0.25) is 4.79 Å². The Kier molecular flexibility index (Phi) is 1.94. The van der Waals surface area contributed by atoms with Crippen molar-refractivity contribution in [1.29, 1.82) is 0 Å². The Morgan fingerprint density at radius 1 is 1.43 bits per heavy atom. The number of carbonyl (C=O) groups is 1. The predicted octanol–water partition coefficient (Wildman–Crippen LogP) is 0.261. The summed E-state index contributed by atoms with van der Waals surface area (Å²) in [5, 5.41) is 13.3. The summed E-state index contributed by atoms with van der Waals surface area (Å²) in [5.41, 5.74) is 7.20. The van der Waals surface area contributed by atoms with E-state index in [0.29, 0.717) is 22.6 Å². The highest BCUT2D eigenvalue weighted by Gasteiger charge is 2.08. The lowest BCUT2D eigenvalue weighted by atomic mass is 10.1. The molecular formula is C8H7N5O. The van der Waals surface area contributed by atoms with Gasteiger partial charge in [0.25, 0.3) is 0 Å². The van der Waals surface area contributed by atoms with E-state index in [1.807, 2.05) is 0 Å². The van der Waals surface area contributed by atoms with Crippen LogP contribution in [0.15, 0.2) is 18.2 Å². The lowest BCUT2D eigenvalue weighted by molar-refractivity contribution is 0.112. The van der Waals surface area contributed by atoms with Crippen molar-refractivity contribution in [3.05, 3.63) is 23.8 Å². The maximum atomic E-state index is 10.7. The van der Waals surface area contributed by atoms with E-state index in [0.717, 1.165) is 6.29 Å². The van der Waals surface area contributed by atoms with Gasteiger partial charge in [-0.2, -0.15) is 5.21 Å². The van der Waals surface area contributed by atoms with Gasteiger partial charge < -0.3 is 5.73 Å². The Labute approximate surface area is 79.1 Å². The number of nitrogens with one attached hydrogen (secondary N) is 1. The molecule has 14 heavy (non-hydrogen) atoms. The first kappa shape index (κ1) is 8.36. The number of hydrogen-bond acceptors (Lipinski definition) is 5. The number of nitrogens with zero attached hydrogens (tertiary/aromatic N) is 3. The number of rotatable bonds is 2. The number of hydrogen-bond donors (Lipinski definition) is 2. The topological polar surface area (TPSA) is 97.5 Å². The fourth-order valence-corrected chi connectivity index (χ4v) is 1.15. The fraction of sp³-hybridized carbons (Fsp3) is 0. The molecule has 0 aliphatic carbocycles. The first-order chi connectivity index (χ1) is 6.81. The van der Waals surface area contributed by atoms with Crippen LogP contribution in [0.25, 0.3) is 11.4 Å². The van der Waals surface area contributed by atoms with Crippen LogP contribution in [0.2, 0.25) is 0 Å². The Morgan fingerprint density at radius 3 is 2.93 bits per heavy atom. The predicted molar refractivity (Wildman–Crippen MR) is 49.4 cm³/mol. The third-order valence-electron chi connectivity index (χ3n) is 1.79. The maximum Gasteiger partial charge on any atom is 0.205 e. The fourth-order valence-electron chi connectivity index (χ4n) is 1.15. The van der Waals surface area contributed by atoms with E-state index < -0.39 is 0 Å². The second kappa shape index (κ2) is 3.25. The highest BCUT2D eigenvalue weighted by atomic mass is 16.1. The zero-order chi connectivity index (χ0) is 9.97. The van der Waals surface area contributed by atoms with Crippen LogP contribution in [0, 0.1) is 0 Å². The van der Waals surface area contributed by atoms with Gasteiger partial charge in [-0.15, -0.1) is 10.2 Å². The molecule has 1 aromatic heterocycles. The van der Waals surface area contributed by atoms with Crippen LogP contribution in [-0.2, 0) is 0 Å². The normalized spacial score (nSPS) is 10.0. The van der Waals surface area contributed by atoms with Gasteiger partial charge in [0.15, 0.2) is 6.29 Å². The van der Waals surface area contributed by atoms with E-state index >= 15 is 0 Å².